The number of hydrogen-bond donors (Lipinski definition) is 1. The van der Waals surface area contributed by atoms with Gasteiger partial charge in [-0.05, 0) is 23.6 Å². The first-order valence-electron chi connectivity index (χ1n) is 11.6. The highest BCUT2D eigenvalue weighted by atomic mass is 19.4. The number of hydrogen-bond acceptors (Lipinski definition) is 9. The van der Waals surface area contributed by atoms with E-state index in [9.17, 15) is 40.7 Å². The van der Waals surface area contributed by atoms with Crippen molar-refractivity contribution in [3.8, 4) is 22.8 Å². The van der Waals surface area contributed by atoms with E-state index in [1.165, 1.54) is 56.3 Å². The molecule has 0 fully saturated rings. The minimum absolute atomic E-state index is 0.184. The second-order valence-electron chi connectivity index (χ2n) is 9.57. The fourth-order valence-electron chi connectivity index (χ4n) is 3.55. The highest BCUT2D eigenvalue weighted by Gasteiger charge is 2.45. The molecule has 0 atom stereocenters. The molecule has 1 aromatic carbocycles. The van der Waals surface area contributed by atoms with Gasteiger partial charge in [0.05, 0.1) is 17.5 Å². The van der Waals surface area contributed by atoms with Crippen LogP contribution in [0.3, 0.4) is 0 Å². The molecule has 42 heavy (non-hydrogen) atoms. The van der Waals surface area contributed by atoms with Gasteiger partial charge < -0.3 is 14.8 Å². The van der Waals surface area contributed by atoms with Gasteiger partial charge in [-0.1, -0.05) is 26.8 Å². The number of nitrogens with zero attached hydrogens (tertiary/aromatic N) is 5. The molecule has 0 saturated heterocycles. The Balaban J connectivity index is 1.78. The maximum atomic E-state index is 13.2. The summed E-state index contributed by atoms with van der Waals surface area (Å²) >= 11 is 0. The van der Waals surface area contributed by atoms with E-state index in [-0.39, 0.29) is 17.0 Å². The van der Waals surface area contributed by atoms with E-state index in [1.807, 2.05) is 0 Å². The van der Waals surface area contributed by atoms with Crippen molar-refractivity contribution in [1.82, 2.24) is 24.6 Å². The topological polar surface area (TPSA) is 138 Å². The number of halogens is 6. The van der Waals surface area contributed by atoms with E-state index in [4.69, 9.17) is 0 Å². The molecule has 17 heteroatoms. The van der Waals surface area contributed by atoms with Crippen LogP contribution in [0.15, 0.2) is 49.2 Å². The number of carbonyl (C=O) groups is 3. The normalized spacial score (nSPS) is 12.2. The van der Waals surface area contributed by atoms with Crippen LogP contribution in [0.1, 0.15) is 36.7 Å². The second kappa shape index (κ2) is 10.7. The van der Waals surface area contributed by atoms with Crippen molar-refractivity contribution >= 4 is 29.3 Å². The lowest BCUT2D eigenvalue weighted by Gasteiger charge is -2.25. The molecule has 1 N–H and O–H groups in total. The van der Waals surface area contributed by atoms with Gasteiger partial charge >= 0.3 is 24.3 Å². The molecule has 3 aromatic heterocycles. The van der Waals surface area contributed by atoms with Crippen LogP contribution in [-0.4, -0.2) is 54.8 Å². The zero-order chi connectivity index (χ0) is 31.0. The van der Waals surface area contributed by atoms with Crippen LogP contribution in [0.25, 0.3) is 16.9 Å². The number of benzene rings is 1. The van der Waals surface area contributed by atoms with Crippen LogP contribution in [0.2, 0.25) is 0 Å². The van der Waals surface area contributed by atoms with Gasteiger partial charge in [0.1, 0.15) is 6.33 Å². The summed E-state index contributed by atoms with van der Waals surface area (Å²) in [5.74, 6) is -9.68. The Hall–Kier alpha value is -5.09. The lowest BCUT2D eigenvalue weighted by atomic mass is 9.85. The van der Waals surface area contributed by atoms with Gasteiger partial charge in [0.2, 0.25) is 0 Å². The van der Waals surface area contributed by atoms with Crippen LogP contribution in [0, 0.1) is 0 Å². The second-order valence-corrected chi connectivity index (χ2v) is 9.57. The third-order valence-electron chi connectivity index (χ3n) is 5.44. The molecule has 0 aliphatic heterocycles. The molecule has 0 aliphatic rings. The quantitative estimate of drug-likeness (QED) is 0.198. The van der Waals surface area contributed by atoms with Crippen LogP contribution >= 0.6 is 0 Å². The van der Waals surface area contributed by atoms with Gasteiger partial charge in [-0.2, -0.15) is 31.4 Å². The molecule has 0 radical (unpaired) electrons. The van der Waals surface area contributed by atoms with Crippen molar-refractivity contribution in [3.05, 3.63) is 60.3 Å². The molecule has 4 rings (SSSR count). The van der Waals surface area contributed by atoms with Crippen molar-refractivity contribution in [2.24, 2.45) is 0 Å². The minimum atomic E-state index is -5.62. The van der Waals surface area contributed by atoms with Gasteiger partial charge in [-0.25, -0.2) is 29.1 Å². The lowest BCUT2D eigenvalue weighted by molar-refractivity contribution is -0.191. The number of rotatable bonds is 5. The summed E-state index contributed by atoms with van der Waals surface area (Å²) in [6, 6.07) is 5.06. The number of carbonyl (C=O) groups excluding carboxylic acids is 3. The predicted octanol–water partition coefficient (Wildman–Crippen LogP) is 4.67. The fourth-order valence-corrected chi connectivity index (χ4v) is 3.55. The molecule has 0 spiro atoms. The van der Waals surface area contributed by atoms with Crippen molar-refractivity contribution in [3.63, 3.8) is 0 Å². The monoisotopic (exact) mass is 596 g/mol. The Morgan fingerprint density at radius 2 is 1.43 bits per heavy atom. The number of nitrogens with one attached hydrogen (secondary N) is 1. The Kier molecular flexibility index (Phi) is 7.62. The average Bonchev–Trinajstić information content (AvgIpc) is 3.29. The molecule has 3 heterocycles. The molecule has 0 aliphatic carbocycles. The predicted molar refractivity (Wildman–Crippen MR) is 130 cm³/mol. The third-order valence-corrected chi connectivity index (χ3v) is 5.44. The summed E-state index contributed by atoms with van der Waals surface area (Å²) in [5.41, 5.74) is -1.10. The zero-order valence-corrected chi connectivity index (χ0v) is 21.7. The molecule has 1 amide bonds. The largest absolute Gasteiger partial charge is 0.491 e. The van der Waals surface area contributed by atoms with E-state index >= 15 is 0 Å². The van der Waals surface area contributed by atoms with Crippen LogP contribution in [0.5, 0.6) is 11.5 Å². The van der Waals surface area contributed by atoms with Crippen LogP contribution in [0.4, 0.5) is 32.2 Å². The number of amides is 1. The van der Waals surface area contributed by atoms with E-state index in [0.717, 1.165) is 12.1 Å². The average molecular weight is 596 g/mol. The maximum Gasteiger partial charge on any atom is 0.491 e. The summed E-state index contributed by atoms with van der Waals surface area (Å²) in [7, 11) is 0. The number of aromatic nitrogens is 5. The summed E-state index contributed by atoms with van der Waals surface area (Å²) in [4.78, 5) is 48.6. The van der Waals surface area contributed by atoms with Crippen molar-refractivity contribution in [1.29, 1.82) is 0 Å². The Morgan fingerprint density at radius 1 is 0.833 bits per heavy atom. The fraction of sp³-hybridized carbons (Fsp3) is 0.240. The van der Waals surface area contributed by atoms with Crippen LogP contribution < -0.4 is 14.8 Å². The van der Waals surface area contributed by atoms with Gasteiger partial charge in [0, 0.05) is 23.5 Å². The van der Waals surface area contributed by atoms with Crippen LogP contribution in [-0.2, 0) is 15.0 Å². The van der Waals surface area contributed by atoms with E-state index < -0.39 is 52.7 Å². The number of fused-ring (bicyclic) bond motifs is 1. The van der Waals surface area contributed by atoms with Crippen molar-refractivity contribution in [2.45, 2.75) is 38.5 Å². The molecule has 0 unspecified atom stereocenters. The molecule has 0 saturated carbocycles. The van der Waals surface area contributed by atoms with Gasteiger partial charge in [0.25, 0.3) is 5.91 Å². The molecular weight excluding hydrogens is 578 g/mol. The number of imidazole rings is 1. The summed E-state index contributed by atoms with van der Waals surface area (Å²) in [6.45, 7) is 4.30. The SMILES string of the molecule is CC(C)(C)c1ccc(C(=O)Nc2cn3nc(-c4cncnc4)ccc3n2)c(OC(=O)C(F)(F)F)c1OC(=O)C(F)(F)F. The summed E-state index contributed by atoms with van der Waals surface area (Å²) in [5, 5.41) is 6.56. The highest BCUT2D eigenvalue weighted by Crippen LogP contribution is 2.43. The smallest absolute Gasteiger partial charge is 0.416 e. The summed E-state index contributed by atoms with van der Waals surface area (Å²) < 4.78 is 88.5. The minimum Gasteiger partial charge on any atom is -0.416 e. The Morgan fingerprint density at radius 3 is 2.00 bits per heavy atom. The Labute approximate surface area is 231 Å². The first kappa shape index (κ1) is 29.9. The van der Waals surface area contributed by atoms with E-state index in [0.29, 0.717) is 11.3 Å². The van der Waals surface area contributed by atoms with Gasteiger partial charge in [0.15, 0.2) is 23.0 Å². The number of ether oxygens (including phenoxy) is 2. The van der Waals surface area contributed by atoms with Crippen molar-refractivity contribution < 1.29 is 50.2 Å². The standard InChI is InChI=1S/C25H18F6N6O5/c1-23(2,3)14-5-4-13(18(41-21(39)24(26,27)28)19(14)42-22(40)25(29,30)31)20(38)35-16-10-37-17(34-16)7-6-15(36-37)12-8-32-11-33-9-12/h4-11H,1-3H3,(H,35,38). The maximum absolute atomic E-state index is 13.2. The summed E-state index contributed by atoms with van der Waals surface area (Å²) in [6.07, 6.45) is -5.66. The molecule has 0 bridgehead atoms. The van der Waals surface area contributed by atoms with Crippen molar-refractivity contribution in [2.75, 3.05) is 5.32 Å². The molecule has 11 nitrogen and oxygen atoms in total. The molecular formula is C25H18F6N6O5. The third kappa shape index (κ3) is 6.45. The first-order chi connectivity index (χ1) is 19.4. The lowest BCUT2D eigenvalue weighted by Crippen LogP contribution is -2.32. The molecule has 4 aromatic rings. The number of alkyl halides is 6. The highest BCUT2D eigenvalue weighted by molar-refractivity contribution is 6.07. The zero-order valence-electron chi connectivity index (χ0n) is 21.7. The molecule has 220 valence electrons. The van der Waals surface area contributed by atoms with Gasteiger partial charge in [-0.3, -0.25) is 4.79 Å². The number of anilines is 1. The van der Waals surface area contributed by atoms with E-state index in [1.54, 1.807) is 6.07 Å². The Bertz CT molecular complexity index is 1680. The van der Waals surface area contributed by atoms with Gasteiger partial charge in [-0.15, -0.1) is 0 Å². The van der Waals surface area contributed by atoms with E-state index in [2.05, 4.69) is 34.8 Å². The number of esters is 2. The first-order valence-corrected chi connectivity index (χ1v) is 11.6.